The van der Waals surface area contributed by atoms with E-state index in [1.807, 2.05) is 44.2 Å². The lowest BCUT2D eigenvalue weighted by Crippen LogP contribution is -2.38. The minimum atomic E-state index is -0.626. The van der Waals surface area contributed by atoms with Gasteiger partial charge in [-0.1, -0.05) is 44.2 Å². The van der Waals surface area contributed by atoms with Crippen molar-refractivity contribution in [2.45, 2.75) is 26.2 Å². The number of hydrogen-bond acceptors (Lipinski definition) is 3. The highest BCUT2D eigenvalue weighted by molar-refractivity contribution is 5.19. The number of aliphatic hydroxyl groups is 1. The molecule has 1 N–H and O–H groups in total. The summed E-state index contributed by atoms with van der Waals surface area (Å²) in [4.78, 5) is 0. The lowest BCUT2D eigenvalue weighted by atomic mass is 9.82. The Morgan fingerprint density at radius 3 is 2.00 bits per heavy atom. The maximum Gasteiger partial charge on any atom is 0.164 e. The van der Waals surface area contributed by atoms with E-state index in [1.54, 1.807) is 14.2 Å². The van der Waals surface area contributed by atoms with Crippen LogP contribution in [0, 0.1) is 5.41 Å². The van der Waals surface area contributed by atoms with E-state index in [0.717, 1.165) is 5.56 Å². The molecule has 0 spiro atoms. The summed E-state index contributed by atoms with van der Waals surface area (Å²) >= 11 is 0. The Balaban J connectivity index is 2.91. The first-order valence-corrected chi connectivity index (χ1v) is 5.32. The normalized spacial score (nSPS) is 14.1. The van der Waals surface area contributed by atoms with Crippen LogP contribution < -0.4 is 0 Å². The van der Waals surface area contributed by atoms with Crippen LogP contribution in [0.4, 0.5) is 0 Å². The second-order valence-electron chi connectivity index (χ2n) is 4.44. The van der Waals surface area contributed by atoms with Crippen molar-refractivity contribution in [3.05, 3.63) is 35.9 Å². The number of methoxy groups -OCH3 is 2. The van der Waals surface area contributed by atoms with Gasteiger partial charge in [0.05, 0.1) is 6.10 Å². The number of hydrogen-bond donors (Lipinski definition) is 1. The molecule has 3 heteroatoms. The Kier molecular flexibility index (Phi) is 4.47. The first-order chi connectivity index (χ1) is 7.54. The summed E-state index contributed by atoms with van der Waals surface area (Å²) in [6, 6.07) is 9.53. The SMILES string of the molecule is COC(OC)C(C)(C)[C@@H](O)c1ccccc1. The minimum Gasteiger partial charge on any atom is -0.388 e. The third-order valence-corrected chi connectivity index (χ3v) is 2.86. The molecule has 1 atom stereocenters. The summed E-state index contributed by atoms with van der Waals surface area (Å²) < 4.78 is 10.4. The first-order valence-electron chi connectivity index (χ1n) is 5.32. The topological polar surface area (TPSA) is 38.7 Å². The Bertz CT molecular complexity index is 304. The molecule has 1 aromatic rings. The Morgan fingerprint density at radius 1 is 1.06 bits per heavy atom. The van der Waals surface area contributed by atoms with Crippen molar-refractivity contribution in [1.29, 1.82) is 0 Å². The van der Waals surface area contributed by atoms with Crippen LogP contribution >= 0.6 is 0 Å². The van der Waals surface area contributed by atoms with Gasteiger partial charge < -0.3 is 14.6 Å². The summed E-state index contributed by atoms with van der Waals surface area (Å²) in [5.74, 6) is 0. The van der Waals surface area contributed by atoms with E-state index in [1.165, 1.54) is 0 Å². The van der Waals surface area contributed by atoms with E-state index in [0.29, 0.717) is 0 Å². The van der Waals surface area contributed by atoms with Crippen molar-refractivity contribution in [2.75, 3.05) is 14.2 Å². The summed E-state index contributed by atoms with van der Waals surface area (Å²) in [6.45, 7) is 3.84. The Morgan fingerprint density at radius 2 is 1.56 bits per heavy atom. The monoisotopic (exact) mass is 224 g/mol. The fraction of sp³-hybridized carbons (Fsp3) is 0.538. The maximum absolute atomic E-state index is 10.3. The van der Waals surface area contributed by atoms with Gasteiger partial charge in [-0.15, -0.1) is 0 Å². The second kappa shape index (κ2) is 5.43. The van der Waals surface area contributed by atoms with Crippen LogP contribution in [-0.2, 0) is 9.47 Å². The van der Waals surface area contributed by atoms with Gasteiger partial charge in [-0.25, -0.2) is 0 Å². The number of rotatable bonds is 5. The average Bonchev–Trinajstić information content (AvgIpc) is 2.30. The van der Waals surface area contributed by atoms with Crippen LogP contribution in [0.3, 0.4) is 0 Å². The van der Waals surface area contributed by atoms with Gasteiger partial charge in [0.1, 0.15) is 0 Å². The molecule has 0 aliphatic carbocycles. The van der Waals surface area contributed by atoms with Crippen LogP contribution in [0.1, 0.15) is 25.5 Å². The van der Waals surface area contributed by atoms with Crippen molar-refractivity contribution in [2.24, 2.45) is 5.41 Å². The molecule has 1 rings (SSSR count). The molecule has 0 fully saturated rings. The average molecular weight is 224 g/mol. The van der Waals surface area contributed by atoms with Crippen LogP contribution in [0.25, 0.3) is 0 Å². The summed E-state index contributed by atoms with van der Waals surface area (Å²) in [7, 11) is 3.15. The molecule has 0 heterocycles. The highest BCUT2D eigenvalue weighted by Gasteiger charge is 2.37. The highest BCUT2D eigenvalue weighted by Crippen LogP contribution is 2.37. The zero-order chi connectivity index (χ0) is 12.2. The third kappa shape index (κ3) is 2.61. The smallest absolute Gasteiger partial charge is 0.164 e. The minimum absolute atomic E-state index is 0.442. The molecule has 90 valence electrons. The van der Waals surface area contributed by atoms with Crippen molar-refractivity contribution < 1.29 is 14.6 Å². The highest BCUT2D eigenvalue weighted by atomic mass is 16.7. The van der Waals surface area contributed by atoms with Gasteiger partial charge in [0.25, 0.3) is 0 Å². The van der Waals surface area contributed by atoms with Crippen LogP contribution in [0.15, 0.2) is 30.3 Å². The molecule has 0 aliphatic rings. The Hall–Kier alpha value is -0.900. The van der Waals surface area contributed by atoms with Gasteiger partial charge in [0, 0.05) is 19.6 Å². The Labute approximate surface area is 97.0 Å². The number of aliphatic hydroxyl groups excluding tert-OH is 1. The molecule has 0 saturated carbocycles. The van der Waals surface area contributed by atoms with E-state index in [9.17, 15) is 5.11 Å². The molecule has 1 aromatic carbocycles. The maximum atomic E-state index is 10.3. The zero-order valence-corrected chi connectivity index (χ0v) is 10.3. The quantitative estimate of drug-likeness (QED) is 0.780. The molecule has 0 bridgehead atoms. The van der Waals surface area contributed by atoms with E-state index in [2.05, 4.69) is 0 Å². The molecular formula is C13H20O3. The van der Waals surface area contributed by atoms with E-state index in [-0.39, 0.29) is 0 Å². The zero-order valence-electron chi connectivity index (χ0n) is 10.3. The van der Waals surface area contributed by atoms with Crippen molar-refractivity contribution in [3.8, 4) is 0 Å². The van der Waals surface area contributed by atoms with Crippen LogP contribution in [-0.4, -0.2) is 25.6 Å². The van der Waals surface area contributed by atoms with Gasteiger partial charge in [-0.3, -0.25) is 0 Å². The van der Waals surface area contributed by atoms with Gasteiger partial charge >= 0.3 is 0 Å². The molecule has 0 aromatic heterocycles. The standard InChI is InChI=1S/C13H20O3/c1-13(2,12(15-3)16-4)11(14)10-8-6-5-7-9-10/h5-9,11-12,14H,1-4H3/t11-/m0/s1. The van der Waals surface area contributed by atoms with Crippen molar-refractivity contribution in [1.82, 2.24) is 0 Å². The fourth-order valence-corrected chi connectivity index (χ4v) is 1.90. The predicted octanol–water partition coefficient (Wildman–Crippen LogP) is 2.37. The number of ether oxygens (including phenoxy) is 2. The van der Waals surface area contributed by atoms with E-state index < -0.39 is 17.8 Å². The molecule has 0 aliphatic heterocycles. The molecule has 16 heavy (non-hydrogen) atoms. The lowest BCUT2D eigenvalue weighted by Gasteiger charge is -2.36. The molecule has 0 saturated heterocycles. The van der Waals surface area contributed by atoms with Crippen LogP contribution in [0.5, 0.6) is 0 Å². The third-order valence-electron chi connectivity index (χ3n) is 2.86. The lowest BCUT2D eigenvalue weighted by molar-refractivity contribution is -0.198. The second-order valence-corrected chi connectivity index (χ2v) is 4.44. The number of benzene rings is 1. The molecule has 0 radical (unpaired) electrons. The summed E-state index contributed by atoms with van der Waals surface area (Å²) in [5.41, 5.74) is 0.358. The van der Waals surface area contributed by atoms with E-state index >= 15 is 0 Å². The fourth-order valence-electron chi connectivity index (χ4n) is 1.90. The van der Waals surface area contributed by atoms with Crippen molar-refractivity contribution >= 4 is 0 Å². The summed E-state index contributed by atoms with van der Waals surface area (Å²) in [5, 5.41) is 10.3. The molecule has 3 nitrogen and oxygen atoms in total. The molecular weight excluding hydrogens is 204 g/mol. The molecule has 0 amide bonds. The largest absolute Gasteiger partial charge is 0.388 e. The summed E-state index contributed by atoms with van der Waals surface area (Å²) in [6.07, 6.45) is -1.07. The van der Waals surface area contributed by atoms with Gasteiger partial charge in [-0.05, 0) is 5.56 Å². The first kappa shape index (κ1) is 13.2. The van der Waals surface area contributed by atoms with Crippen molar-refractivity contribution in [3.63, 3.8) is 0 Å². The molecule has 0 unspecified atom stereocenters. The van der Waals surface area contributed by atoms with Gasteiger partial charge in [0.2, 0.25) is 0 Å². The van der Waals surface area contributed by atoms with E-state index in [4.69, 9.17) is 9.47 Å². The van der Waals surface area contributed by atoms with Gasteiger partial charge in [0.15, 0.2) is 6.29 Å². The van der Waals surface area contributed by atoms with Crippen LogP contribution in [0.2, 0.25) is 0 Å². The van der Waals surface area contributed by atoms with Gasteiger partial charge in [-0.2, -0.15) is 0 Å². The predicted molar refractivity (Wildman–Crippen MR) is 63.0 cm³/mol.